The number of carbonyl (C=O) groups excluding carboxylic acids is 1. The van der Waals surface area contributed by atoms with Gasteiger partial charge in [0.05, 0.1) is 0 Å². The first kappa shape index (κ1) is 19.9. The predicted octanol–water partition coefficient (Wildman–Crippen LogP) is 3.50. The zero-order chi connectivity index (χ0) is 16.1. The fourth-order valence-electron chi connectivity index (χ4n) is 2.69. The van der Waals surface area contributed by atoms with Crippen molar-refractivity contribution in [1.29, 1.82) is 0 Å². The van der Waals surface area contributed by atoms with E-state index in [9.17, 15) is 13.6 Å². The molecule has 4 nitrogen and oxygen atoms in total. The Bertz CT molecular complexity index is 532. The van der Waals surface area contributed by atoms with Crippen LogP contribution < -0.4 is 15.8 Å². The molecule has 2 rings (SSSR count). The molecule has 0 bridgehead atoms. The highest BCUT2D eigenvalue weighted by Gasteiger charge is 2.25. The number of alkyl halides is 2. The average molecular weight is 369 g/mol. The zero-order valence-corrected chi connectivity index (χ0v) is 14.0. The van der Waals surface area contributed by atoms with Gasteiger partial charge in [-0.25, -0.2) is 0 Å². The Morgan fingerprint density at radius 2 is 2.17 bits per heavy atom. The van der Waals surface area contributed by atoms with Crippen molar-refractivity contribution in [2.24, 2.45) is 11.7 Å². The Kier molecular flexibility index (Phi) is 8.02. The van der Waals surface area contributed by atoms with Gasteiger partial charge in [0.15, 0.2) is 0 Å². The Hall–Kier alpha value is -1.11. The highest BCUT2D eigenvalue weighted by molar-refractivity contribution is 6.30. The summed E-state index contributed by atoms with van der Waals surface area (Å²) < 4.78 is 29.2. The lowest BCUT2D eigenvalue weighted by molar-refractivity contribution is -0.126. The molecule has 8 heteroatoms. The number of carbonyl (C=O) groups is 1. The summed E-state index contributed by atoms with van der Waals surface area (Å²) in [4.78, 5) is 12.1. The van der Waals surface area contributed by atoms with E-state index in [2.05, 4.69) is 10.1 Å². The molecule has 0 heterocycles. The van der Waals surface area contributed by atoms with Crippen molar-refractivity contribution in [1.82, 2.24) is 5.32 Å². The molecule has 1 aromatic carbocycles. The van der Waals surface area contributed by atoms with Gasteiger partial charge in [0.2, 0.25) is 5.91 Å². The standard InChI is InChI=1S/C15H19ClF2N2O2.ClH/c16-11-4-5-13(22-15(17)18)10(6-11)8-20-14(21)9-2-1-3-12(19)7-9;/h4-6,9,12,15H,1-3,7-8,19H2,(H,20,21);1H. The first-order valence-corrected chi connectivity index (χ1v) is 7.60. The van der Waals surface area contributed by atoms with Crippen molar-refractivity contribution >= 4 is 29.9 Å². The van der Waals surface area contributed by atoms with Crippen LogP contribution in [0.4, 0.5) is 8.78 Å². The third-order valence-electron chi connectivity index (χ3n) is 3.78. The lowest BCUT2D eigenvalue weighted by atomic mass is 9.85. The van der Waals surface area contributed by atoms with Gasteiger partial charge < -0.3 is 15.8 Å². The first-order valence-electron chi connectivity index (χ1n) is 7.22. The SMILES string of the molecule is Cl.NC1CCCC(C(=O)NCc2cc(Cl)ccc2OC(F)F)C1. The van der Waals surface area contributed by atoms with Gasteiger partial charge in [0.25, 0.3) is 0 Å². The number of ether oxygens (including phenoxy) is 1. The summed E-state index contributed by atoms with van der Waals surface area (Å²) in [5.74, 6) is -0.222. The number of benzene rings is 1. The normalized spacial score (nSPS) is 20.7. The van der Waals surface area contributed by atoms with Crippen LogP contribution in [0, 0.1) is 5.92 Å². The van der Waals surface area contributed by atoms with Crippen molar-refractivity contribution < 1.29 is 18.3 Å². The maximum atomic E-state index is 12.4. The van der Waals surface area contributed by atoms with Gasteiger partial charge in [-0.3, -0.25) is 4.79 Å². The molecule has 1 aliphatic rings. The predicted molar refractivity (Wildman–Crippen MR) is 87.1 cm³/mol. The van der Waals surface area contributed by atoms with E-state index >= 15 is 0 Å². The van der Waals surface area contributed by atoms with E-state index in [4.69, 9.17) is 17.3 Å². The van der Waals surface area contributed by atoms with Crippen LogP contribution in [0.5, 0.6) is 5.75 Å². The summed E-state index contributed by atoms with van der Waals surface area (Å²) in [6.45, 7) is -2.83. The van der Waals surface area contributed by atoms with Crippen LogP contribution in [-0.2, 0) is 11.3 Å². The third kappa shape index (κ3) is 6.12. The number of amides is 1. The Labute approximate surface area is 145 Å². The third-order valence-corrected chi connectivity index (χ3v) is 4.01. The van der Waals surface area contributed by atoms with Crippen molar-refractivity contribution in [2.45, 2.75) is 44.9 Å². The quantitative estimate of drug-likeness (QED) is 0.835. The van der Waals surface area contributed by atoms with Gasteiger partial charge in [0, 0.05) is 29.1 Å². The molecule has 1 fully saturated rings. The molecule has 23 heavy (non-hydrogen) atoms. The Morgan fingerprint density at radius 1 is 1.43 bits per heavy atom. The largest absolute Gasteiger partial charge is 0.434 e. The van der Waals surface area contributed by atoms with E-state index in [1.54, 1.807) is 0 Å². The number of hydrogen-bond acceptors (Lipinski definition) is 3. The lowest BCUT2D eigenvalue weighted by Gasteiger charge is -2.25. The van der Waals surface area contributed by atoms with Crippen LogP contribution >= 0.6 is 24.0 Å². The molecule has 1 saturated carbocycles. The molecule has 0 aliphatic heterocycles. The second-order valence-electron chi connectivity index (χ2n) is 5.47. The van der Waals surface area contributed by atoms with Crippen molar-refractivity contribution in [3.05, 3.63) is 28.8 Å². The molecule has 1 amide bonds. The molecule has 0 saturated heterocycles. The molecule has 0 spiro atoms. The summed E-state index contributed by atoms with van der Waals surface area (Å²) >= 11 is 5.86. The van der Waals surface area contributed by atoms with Crippen molar-refractivity contribution in [3.8, 4) is 5.75 Å². The van der Waals surface area contributed by atoms with Crippen LogP contribution in [0.2, 0.25) is 5.02 Å². The Morgan fingerprint density at radius 3 is 2.83 bits per heavy atom. The van der Waals surface area contributed by atoms with E-state index in [0.29, 0.717) is 17.0 Å². The van der Waals surface area contributed by atoms with Gasteiger partial charge in [-0.05, 0) is 37.5 Å². The van der Waals surface area contributed by atoms with Gasteiger partial charge in [-0.2, -0.15) is 8.78 Å². The molecule has 0 aromatic heterocycles. The van der Waals surface area contributed by atoms with E-state index in [1.165, 1.54) is 18.2 Å². The molecule has 2 unspecified atom stereocenters. The molecular weight excluding hydrogens is 349 g/mol. The second kappa shape index (κ2) is 9.25. The first-order chi connectivity index (χ1) is 10.5. The number of nitrogens with one attached hydrogen (secondary N) is 1. The fraction of sp³-hybridized carbons (Fsp3) is 0.533. The van der Waals surface area contributed by atoms with Crippen molar-refractivity contribution in [3.63, 3.8) is 0 Å². The highest BCUT2D eigenvalue weighted by atomic mass is 35.5. The minimum Gasteiger partial charge on any atom is -0.434 e. The molecule has 3 N–H and O–H groups in total. The smallest absolute Gasteiger partial charge is 0.387 e. The number of halogens is 4. The topological polar surface area (TPSA) is 64.4 Å². The second-order valence-corrected chi connectivity index (χ2v) is 5.91. The molecule has 130 valence electrons. The minimum atomic E-state index is -2.92. The van der Waals surface area contributed by atoms with Gasteiger partial charge in [-0.1, -0.05) is 18.0 Å². The number of rotatable bonds is 5. The van der Waals surface area contributed by atoms with E-state index in [1.807, 2.05) is 0 Å². The molecule has 1 aromatic rings. The molecule has 2 atom stereocenters. The summed E-state index contributed by atoms with van der Waals surface area (Å²) in [7, 11) is 0. The van der Waals surface area contributed by atoms with E-state index < -0.39 is 6.61 Å². The van der Waals surface area contributed by atoms with Crippen LogP contribution in [0.25, 0.3) is 0 Å². The maximum absolute atomic E-state index is 12.4. The highest BCUT2D eigenvalue weighted by Crippen LogP contribution is 2.26. The fourth-order valence-corrected chi connectivity index (χ4v) is 2.88. The van der Waals surface area contributed by atoms with Gasteiger partial charge >= 0.3 is 6.61 Å². The summed E-state index contributed by atoms with van der Waals surface area (Å²) in [5, 5.41) is 3.15. The average Bonchev–Trinajstić information content (AvgIpc) is 2.46. The number of hydrogen-bond donors (Lipinski definition) is 2. The lowest BCUT2D eigenvalue weighted by Crippen LogP contribution is -2.37. The summed E-state index contributed by atoms with van der Waals surface area (Å²) in [6, 6.07) is 4.39. The van der Waals surface area contributed by atoms with Gasteiger partial charge in [0.1, 0.15) is 5.75 Å². The minimum absolute atomic E-state index is 0. The van der Waals surface area contributed by atoms with Crippen molar-refractivity contribution in [2.75, 3.05) is 0 Å². The maximum Gasteiger partial charge on any atom is 0.387 e. The summed E-state index contributed by atoms with van der Waals surface area (Å²) in [6.07, 6.45) is 3.32. The van der Waals surface area contributed by atoms with Gasteiger partial charge in [-0.15, -0.1) is 12.4 Å². The van der Waals surface area contributed by atoms with Crippen LogP contribution in [-0.4, -0.2) is 18.6 Å². The Balaban J connectivity index is 0.00000264. The van der Waals surface area contributed by atoms with E-state index in [0.717, 1.165) is 19.3 Å². The summed E-state index contributed by atoms with van der Waals surface area (Å²) in [5.41, 5.74) is 6.29. The zero-order valence-electron chi connectivity index (χ0n) is 12.4. The number of nitrogens with two attached hydrogens (primary N) is 1. The van der Waals surface area contributed by atoms with Crippen LogP contribution in [0.1, 0.15) is 31.2 Å². The van der Waals surface area contributed by atoms with E-state index in [-0.39, 0.29) is 42.6 Å². The molecular formula is C15H20Cl2F2N2O2. The van der Waals surface area contributed by atoms with Crippen LogP contribution in [0.15, 0.2) is 18.2 Å². The molecule has 1 aliphatic carbocycles. The molecule has 0 radical (unpaired) electrons. The van der Waals surface area contributed by atoms with Crippen LogP contribution in [0.3, 0.4) is 0 Å². The monoisotopic (exact) mass is 368 g/mol.